The predicted molar refractivity (Wildman–Crippen MR) is 78.4 cm³/mol. The summed E-state index contributed by atoms with van der Waals surface area (Å²) in [6.07, 6.45) is 4.59. The summed E-state index contributed by atoms with van der Waals surface area (Å²) >= 11 is 0. The van der Waals surface area contributed by atoms with Crippen LogP contribution in [-0.4, -0.2) is 23.9 Å². The average molecular weight is 262 g/mol. The Bertz CT molecular complexity index is 385. The highest BCUT2D eigenvalue weighted by atomic mass is 16.5. The molecule has 2 rings (SSSR count). The molecule has 1 N–H and O–H groups in total. The van der Waals surface area contributed by atoms with E-state index < -0.39 is 0 Å². The monoisotopic (exact) mass is 262 g/mol. The SMILES string of the molecule is COC1(CC(O)Cc2ccc(C(C)C)cc2)CCC1. The highest BCUT2D eigenvalue weighted by molar-refractivity contribution is 5.25. The van der Waals surface area contributed by atoms with E-state index in [4.69, 9.17) is 4.74 Å². The number of aliphatic hydroxyl groups excluding tert-OH is 1. The molecule has 1 aromatic rings. The highest BCUT2D eigenvalue weighted by Crippen LogP contribution is 2.39. The molecule has 1 aromatic carbocycles. The van der Waals surface area contributed by atoms with Gasteiger partial charge in [0.05, 0.1) is 11.7 Å². The summed E-state index contributed by atoms with van der Waals surface area (Å²) < 4.78 is 5.57. The zero-order valence-corrected chi connectivity index (χ0v) is 12.4. The molecule has 0 spiro atoms. The number of hydrogen-bond acceptors (Lipinski definition) is 2. The van der Waals surface area contributed by atoms with Crippen LogP contribution in [0.3, 0.4) is 0 Å². The maximum absolute atomic E-state index is 10.2. The van der Waals surface area contributed by atoms with Gasteiger partial charge in [0.1, 0.15) is 0 Å². The van der Waals surface area contributed by atoms with Gasteiger partial charge < -0.3 is 9.84 Å². The molecular formula is C17H26O2. The molecule has 2 heteroatoms. The van der Waals surface area contributed by atoms with Gasteiger partial charge >= 0.3 is 0 Å². The minimum absolute atomic E-state index is 0.0444. The Kier molecular flexibility index (Phi) is 4.64. The summed E-state index contributed by atoms with van der Waals surface area (Å²) in [6, 6.07) is 8.61. The number of rotatable bonds is 6. The molecular weight excluding hydrogens is 236 g/mol. The van der Waals surface area contributed by atoms with E-state index in [1.165, 1.54) is 17.5 Å². The molecule has 1 aliphatic carbocycles. The molecule has 0 saturated heterocycles. The fourth-order valence-corrected chi connectivity index (χ4v) is 2.87. The minimum Gasteiger partial charge on any atom is -0.393 e. The second kappa shape index (κ2) is 6.06. The van der Waals surface area contributed by atoms with Crippen LogP contribution in [-0.2, 0) is 11.2 Å². The van der Waals surface area contributed by atoms with Crippen LogP contribution in [0, 0.1) is 0 Å². The van der Waals surface area contributed by atoms with Gasteiger partial charge in [0.25, 0.3) is 0 Å². The lowest BCUT2D eigenvalue weighted by Gasteiger charge is -2.41. The quantitative estimate of drug-likeness (QED) is 0.847. The van der Waals surface area contributed by atoms with Crippen molar-refractivity contribution in [3.63, 3.8) is 0 Å². The van der Waals surface area contributed by atoms with Crippen molar-refractivity contribution in [2.24, 2.45) is 0 Å². The summed E-state index contributed by atoms with van der Waals surface area (Å²) in [5.41, 5.74) is 2.52. The number of aliphatic hydroxyl groups is 1. The van der Waals surface area contributed by atoms with Gasteiger partial charge in [-0.2, -0.15) is 0 Å². The fraction of sp³-hybridized carbons (Fsp3) is 0.647. The first-order valence-electron chi connectivity index (χ1n) is 7.37. The minimum atomic E-state index is -0.301. The van der Waals surface area contributed by atoms with E-state index in [1.54, 1.807) is 7.11 Å². The molecule has 19 heavy (non-hydrogen) atoms. The van der Waals surface area contributed by atoms with Gasteiger partial charge in [0, 0.05) is 13.5 Å². The maximum Gasteiger partial charge on any atom is 0.0703 e. The summed E-state index contributed by atoms with van der Waals surface area (Å²) in [5.74, 6) is 0.561. The van der Waals surface area contributed by atoms with Crippen LogP contribution in [0.4, 0.5) is 0 Å². The third kappa shape index (κ3) is 3.58. The molecule has 1 aliphatic rings. The van der Waals surface area contributed by atoms with Crippen molar-refractivity contribution in [1.29, 1.82) is 0 Å². The van der Waals surface area contributed by atoms with Crippen molar-refractivity contribution < 1.29 is 9.84 Å². The van der Waals surface area contributed by atoms with E-state index in [0.29, 0.717) is 5.92 Å². The molecule has 0 amide bonds. The summed E-state index contributed by atoms with van der Waals surface area (Å²) in [5, 5.41) is 10.2. The van der Waals surface area contributed by atoms with Gasteiger partial charge in [-0.15, -0.1) is 0 Å². The summed E-state index contributed by atoms with van der Waals surface area (Å²) in [6.45, 7) is 4.39. The first-order valence-corrected chi connectivity index (χ1v) is 7.37. The topological polar surface area (TPSA) is 29.5 Å². The first-order chi connectivity index (χ1) is 9.04. The summed E-state index contributed by atoms with van der Waals surface area (Å²) in [7, 11) is 1.77. The second-order valence-corrected chi connectivity index (χ2v) is 6.20. The fourth-order valence-electron chi connectivity index (χ4n) is 2.87. The van der Waals surface area contributed by atoms with Crippen molar-refractivity contribution in [1.82, 2.24) is 0 Å². The standard InChI is InChI=1S/C17H26O2/c1-13(2)15-7-5-14(6-8-15)11-16(18)12-17(19-3)9-4-10-17/h5-8,13,16,18H,4,9-12H2,1-3H3. The van der Waals surface area contributed by atoms with Crippen molar-refractivity contribution in [2.75, 3.05) is 7.11 Å². The second-order valence-electron chi connectivity index (χ2n) is 6.20. The van der Waals surface area contributed by atoms with Crippen LogP contribution in [0.2, 0.25) is 0 Å². The van der Waals surface area contributed by atoms with E-state index in [-0.39, 0.29) is 11.7 Å². The third-order valence-corrected chi connectivity index (χ3v) is 4.42. The molecule has 0 radical (unpaired) electrons. The van der Waals surface area contributed by atoms with Crippen LogP contribution in [0.25, 0.3) is 0 Å². The highest BCUT2D eigenvalue weighted by Gasteiger charge is 2.38. The van der Waals surface area contributed by atoms with Gasteiger partial charge in [0.15, 0.2) is 0 Å². The summed E-state index contributed by atoms with van der Waals surface area (Å²) in [4.78, 5) is 0. The van der Waals surface area contributed by atoms with Crippen molar-refractivity contribution in [3.8, 4) is 0 Å². The van der Waals surface area contributed by atoms with E-state index in [2.05, 4.69) is 38.1 Å². The number of ether oxygens (including phenoxy) is 1. The molecule has 0 aliphatic heterocycles. The normalized spacial score (nSPS) is 19.2. The number of hydrogen-bond donors (Lipinski definition) is 1. The molecule has 1 unspecified atom stereocenters. The Balaban J connectivity index is 1.89. The molecule has 0 heterocycles. The zero-order chi connectivity index (χ0) is 13.9. The smallest absolute Gasteiger partial charge is 0.0703 e. The molecule has 0 bridgehead atoms. The Morgan fingerprint density at radius 2 is 1.84 bits per heavy atom. The Labute approximate surface area is 116 Å². The van der Waals surface area contributed by atoms with Crippen LogP contribution >= 0.6 is 0 Å². The Morgan fingerprint density at radius 3 is 2.26 bits per heavy atom. The van der Waals surface area contributed by atoms with E-state index in [1.807, 2.05) is 0 Å². The van der Waals surface area contributed by atoms with E-state index in [9.17, 15) is 5.11 Å². The third-order valence-electron chi connectivity index (χ3n) is 4.42. The van der Waals surface area contributed by atoms with E-state index >= 15 is 0 Å². The van der Waals surface area contributed by atoms with Crippen LogP contribution in [0.1, 0.15) is 56.6 Å². The average Bonchev–Trinajstić information content (AvgIpc) is 2.34. The van der Waals surface area contributed by atoms with Gasteiger partial charge in [-0.05, 0) is 42.7 Å². The van der Waals surface area contributed by atoms with Gasteiger partial charge in [-0.3, -0.25) is 0 Å². The van der Waals surface area contributed by atoms with Crippen molar-refractivity contribution in [3.05, 3.63) is 35.4 Å². The van der Waals surface area contributed by atoms with Crippen LogP contribution in [0.5, 0.6) is 0 Å². The molecule has 1 atom stereocenters. The molecule has 1 saturated carbocycles. The Morgan fingerprint density at radius 1 is 1.21 bits per heavy atom. The lowest BCUT2D eigenvalue weighted by Crippen LogP contribution is -2.42. The predicted octanol–water partition coefficient (Wildman–Crippen LogP) is 3.67. The molecule has 106 valence electrons. The lowest BCUT2D eigenvalue weighted by molar-refractivity contribution is -0.0989. The first kappa shape index (κ1) is 14.5. The number of methoxy groups -OCH3 is 1. The van der Waals surface area contributed by atoms with Gasteiger partial charge in [-0.1, -0.05) is 38.1 Å². The van der Waals surface area contributed by atoms with E-state index in [0.717, 1.165) is 25.7 Å². The zero-order valence-electron chi connectivity index (χ0n) is 12.4. The molecule has 1 fully saturated rings. The van der Waals surface area contributed by atoms with Crippen LogP contribution < -0.4 is 0 Å². The Hall–Kier alpha value is -0.860. The van der Waals surface area contributed by atoms with Gasteiger partial charge in [-0.25, -0.2) is 0 Å². The molecule has 0 aromatic heterocycles. The largest absolute Gasteiger partial charge is 0.393 e. The molecule has 2 nitrogen and oxygen atoms in total. The van der Waals surface area contributed by atoms with Crippen molar-refractivity contribution in [2.45, 2.75) is 63.6 Å². The van der Waals surface area contributed by atoms with Gasteiger partial charge in [0.2, 0.25) is 0 Å². The van der Waals surface area contributed by atoms with Crippen molar-refractivity contribution >= 4 is 0 Å². The lowest BCUT2D eigenvalue weighted by atomic mass is 9.75. The number of benzene rings is 1. The maximum atomic E-state index is 10.2. The van der Waals surface area contributed by atoms with Crippen LogP contribution in [0.15, 0.2) is 24.3 Å².